The van der Waals surface area contributed by atoms with Crippen LogP contribution in [0.15, 0.2) is 66.7 Å². The van der Waals surface area contributed by atoms with Crippen LogP contribution in [0.1, 0.15) is 23.2 Å². The molecule has 5 rings (SSSR count). The monoisotopic (exact) mass is 416 g/mol. The Kier molecular flexibility index (Phi) is 5.03. The van der Waals surface area contributed by atoms with Crippen molar-refractivity contribution in [2.24, 2.45) is 0 Å². The zero-order chi connectivity index (χ0) is 21.2. The molecule has 1 amide bonds. The van der Waals surface area contributed by atoms with Crippen molar-refractivity contribution >= 4 is 17.4 Å². The summed E-state index contributed by atoms with van der Waals surface area (Å²) in [7, 11) is 0. The summed E-state index contributed by atoms with van der Waals surface area (Å²) in [6.07, 6.45) is 1.73. The number of piperidine rings is 1. The lowest BCUT2D eigenvalue weighted by atomic mass is 10.0. The van der Waals surface area contributed by atoms with Crippen LogP contribution < -0.4 is 10.2 Å². The molecule has 156 valence electrons. The number of aromatic nitrogens is 4. The van der Waals surface area contributed by atoms with Crippen LogP contribution in [0.2, 0.25) is 0 Å². The number of carbonyl (C=O) groups excluding carboxylic acids is 1. The number of anilines is 1. The molecule has 0 spiro atoms. The van der Waals surface area contributed by atoms with Crippen molar-refractivity contribution in [1.29, 1.82) is 0 Å². The molecule has 4 aromatic rings. The Bertz CT molecular complexity index is 1230. The highest BCUT2D eigenvalue weighted by Crippen LogP contribution is 2.22. The van der Waals surface area contributed by atoms with Gasteiger partial charge in [0.15, 0.2) is 11.5 Å². The predicted molar refractivity (Wildman–Crippen MR) is 115 cm³/mol. The van der Waals surface area contributed by atoms with Gasteiger partial charge in [0.2, 0.25) is 0 Å². The van der Waals surface area contributed by atoms with Crippen LogP contribution in [0.4, 0.5) is 10.2 Å². The van der Waals surface area contributed by atoms with E-state index in [1.807, 2.05) is 42.5 Å². The lowest BCUT2D eigenvalue weighted by molar-refractivity contribution is 0.0929. The first-order valence-corrected chi connectivity index (χ1v) is 10.3. The summed E-state index contributed by atoms with van der Waals surface area (Å²) in [5, 5.41) is 16.2. The van der Waals surface area contributed by atoms with E-state index in [1.165, 1.54) is 12.1 Å². The maximum atomic E-state index is 13.9. The lowest BCUT2D eigenvalue weighted by Crippen LogP contribution is -2.48. The molecule has 3 heterocycles. The molecule has 1 fully saturated rings. The molecule has 1 aliphatic rings. The second-order valence-corrected chi connectivity index (χ2v) is 7.59. The van der Waals surface area contributed by atoms with Gasteiger partial charge >= 0.3 is 0 Å². The average Bonchev–Trinajstić information content (AvgIpc) is 3.23. The summed E-state index contributed by atoms with van der Waals surface area (Å²) in [5.41, 5.74) is 1.67. The summed E-state index contributed by atoms with van der Waals surface area (Å²) < 4.78 is 15.7. The summed E-state index contributed by atoms with van der Waals surface area (Å²) in [6.45, 7) is 1.43. The zero-order valence-electron chi connectivity index (χ0n) is 16.8. The van der Waals surface area contributed by atoms with Crippen LogP contribution in [0, 0.1) is 5.82 Å². The number of nitrogens with one attached hydrogen (secondary N) is 1. The van der Waals surface area contributed by atoms with Gasteiger partial charge in [-0.15, -0.1) is 15.3 Å². The molecule has 2 aromatic heterocycles. The van der Waals surface area contributed by atoms with Crippen LogP contribution in [-0.2, 0) is 0 Å². The Morgan fingerprint density at radius 1 is 1.00 bits per heavy atom. The smallest absolute Gasteiger partial charge is 0.254 e. The Morgan fingerprint density at radius 2 is 1.81 bits per heavy atom. The first-order chi connectivity index (χ1) is 15.2. The van der Waals surface area contributed by atoms with Gasteiger partial charge in [-0.05, 0) is 37.1 Å². The highest BCUT2D eigenvalue weighted by molar-refractivity contribution is 5.94. The molecular formula is C23H21FN6O. The van der Waals surface area contributed by atoms with Crippen LogP contribution >= 0.6 is 0 Å². The largest absolute Gasteiger partial charge is 0.353 e. The van der Waals surface area contributed by atoms with E-state index in [-0.39, 0.29) is 11.6 Å². The lowest BCUT2D eigenvalue weighted by Gasteiger charge is -2.33. The normalized spacial score (nSPS) is 16.4. The summed E-state index contributed by atoms with van der Waals surface area (Å²) in [5.74, 6) is 0.563. The van der Waals surface area contributed by atoms with E-state index in [2.05, 4.69) is 20.4 Å². The quantitative estimate of drug-likeness (QED) is 0.552. The molecule has 2 aromatic carbocycles. The molecule has 7 nitrogen and oxygen atoms in total. The molecule has 1 unspecified atom stereocenters. The van der Waals surface area contributed by atoms with Gasteiger partial charge in [0.05, 0.1) is 5.56 Å². The van der Waals surface area contributed by atoms with E-state index in [9.17, 15) is 9.18 Å². The highest BCUT2D eigenvalue weighted by Gasteiger charge is 2.24. The molecule has 1 atom stereocenters. The van der Waals surface area contributed by atoms with Crippen molar-refractivity contribution in [1.82, 2.24) is 25.1 Å². The standard InChI is InChI=1S/C23H21FN6O/c24-19-11-5-4-10-18(19)23(31)25-17-9-6-14-29(15-17)21-13-12-20-26-27-22(30(20)28-21)16-7-2-1-3-8-16/h1-5,7-8,10-13,17H,6,9,14-15H2,(H,25,31). The number of nitrogens with zero attached hydrogens (tertiary/aromatic N) is 5. The topological polar surface area (TPSA) is 75.4 Å². The molecule has 1 aliphatic heterocycles. The number of rotatable bonds is 4. The fourth-order valence-electron chi connectivity index (χ4n) is 3.93. The second kappa shape index (κ2) is 8.14. The number of carbonyl (C=O) groups is 1. The van der Waals surface area contributed by atoms with Gasteiger partial charge in [-0.3, -0.25) is 4.79 Å². The second-order valence-electron chi connectivity index (χ2n) is 7.59. The summed E-state index contributed by atoms with van der Waals surface area (Å²) in [6, 6.07) is 19.5. The van der Waals surface area contributed by atoms with Gasteiger partial charge in [0, 0.05) is 24.7 Å². The molecule has 0 radical (unpaired) electrons. The minimum Gasteiger partial charge on any atom is -0.353 e. The number of halogens is 1. The minimum atomic E-state index is -0.513. The maximum Gasteiger partial charge on any atom is 0.254 e. The van der Waals surface area contributed by atoms with Crippen molar-refractivity contribution in [2.45, 2.75) is 18.9 Å². The number of fused-ring (bicyclic) bond motifs is 1. The summed E-state index contributed by atoms with van der Waals surface area (Å²) >= 11 is 0. The van der Waals surface area contributed by atoms with Crippen molar-refractivity contribution in [3.63, 3.8) is 0 Å². The van der Waals surface area contributed by atoms with Gasteiger partial charge < -0.3 is 10.2 Å². The van der Waals surface area contributed by atoms with Gasteiger partial charge in [-0.2, -0.15) is 4.52 Å². The third kappa shape index (κ3) is 3.84. The third-order valence-corrected chi connectivity index (χ3v) is 5.48. The maximum absolute atomic E-state index is 13.9. The SMILES string of the molecule is O=C(NC1CCCN(c2ccc3nnc(-c4ccccc4)n3n2)C1)c1ccccc1F. The molecule has 0 saturated carbocycles. The van der Waals surface area contributed by atoms with Crippen LogP contribution in [-0.4, -0.2) is 44.8 Å². The molecule has 8 heteroatoms. The zero-order valence-corrected chi connectivity index (χ0v) is 16.8. The van der Waals surface area contributed by atoms with Crippen LogP contribution in [0.25, 0.3) is 17.0 Å². The number of hydrogen-bond acceptors (Lipinski definition) is 5. The Balaban J connectivity index is 1.36. The van der Waals surface area contributed by atoms with E-state index < -0.39 is 11.7 Å². The van der Waals surface area contributed by atoms with E-state index >= 15 is 0 Å². The minimum absolute atomic E-state index is 0.0659. The Morgan fingerprint density at radius 3 is 2.65 bits per heavy atom. The van der Waals surface area contributed by atoms with Crippen molar-refractivity contribution in [3.8, 4) is 11.4 Å². The third-order valence-electron chi connectivity index (χ3n) is 5.48. The highest BCUT2D eigenvalue weighted by atomic mass is 19.1. The van der Waals surface area contributed by atoms with E-state index in [0.29, 0.717) is 18.0 Å². The number of benzene rings is 2. The van der Waals surface area contributed by atoms with Gasteiger partial charge in [0.25, 0.3) is 5.91 Å². The van der Waals surface area contributed by atoms with Gasteiger partial charge in [-0.1, -0.05) is 42.5 Å². The fourth-order valence-corrected chi connectivity index (χ4v) is 3.93. The number of amides is 1. The van der Waals surface area contributed by atoms with Crippen LogP contribution in [0.5, 0.6) is 0 Å². The Hall–Kier alpha value is -3.81. The van der Waals surface area contributed by atoms with Crippen molar-refractivity contribution in [3.05, 3.63) is 78.1 Å². The summed E-state index contributed by atoms with van der Waals surface area (Å²) in [4.78, 5) is 14.6. The van der Waals surface area contributed by atoms with E-state index in [1.54, 1.807) is 16.6 Å². The molecular weight excluding hydrogens is 395 g/mol. The molecule has 0 bridgehead atoms. The fraction of sp³-hybridized carbons (Fsp3) is 0.217. The number of hydrogen-bond donors (Lipinski definition) is 1. The predicted octanol–water partition coefficient (Wildman–Crippen LogP) is 3.33. The van der Waals surface area contributed by atoms with Gasteiger partial charge in [-0.25, -0.2) is 4.39 Å². The van der Waals surface area contributed by atoms with Crippen LogP contribution in [0.3, 0.4) is 0 Å². The van der Waals surface area contributed by atoms with E-state index in [0.717, 1.165) is 30.8 Å². The molecule has 0 aliphatic carbocycles. The van der Waals surface area contributed by atoms with E-state index in [4.69, 9.17) is 5.10 Å². The molecule has 1 N–H and O–H groups in total. The van der Waals surface area contributed by atoms with Crippen molar-refractivity contribution < 1.29 is 9.18 Å². The van der Waals surface area contributed by atoms with Gasteiger partial charge in [0.1, 0.15) is 11.6 Å². The first-order valence-electron chi connectivity index (χ1n) is 10.3. The average molecular weight is 416 g/mol. The van der Waals surface area contributed by atoms with Crippen molar-refractivity contribution in [2.75, 3.05) is 18.0 Å². The molecule has 1 saturated heterocycles. The molecule has 31 heavy (non-hydrogen) atoms. The first kappa shape index (κ1) is 19.2. The Labute approximate surface area is 178 Å².